The molecule has 1 heterocycles. The minimum atomic E-state index is -2.75. The molecular formula is C22H27N5O2S. The van der Waals surface area contributed by atoms with Gasteiger partial charge < -0.3 is 15.7 Å². The molecule has 2 atom stereocenters. The summed E-state index contributed by atoms with van der Waals surface area (Å²) >= 11 is 0. The molecule has 3 aromatic rings. The van der Waals surface area contributed by atoms with Gasteiger partial charge in [0.2, 0.25) is 5.95 Å². The summed E-state index contributed by atoms with van der Waals surface area (Å²) in [7, 11) is -2.75. The number of rotatable bonds is 8. The number of nitrogens with zero attached hydrogens (tertiary/aromatic N) is 2. The summed E-state index contributed by atoms with van der Waals surface area (Å²) < 4.78 is 11.8. The van der Waals surface area contributed by atoms with Crippen molar-refractivity contribution in [1.29, 1.82) is 0 Å². The largest absolute Gasteiger partial charge is 0.394 e. The van der Waals surface area contributed by atoms with E-state index in [1.807, 2.05) is 19.1 Å². The maximum absolute atomic E-state index is 11.8. The molecule has 3 rings (SSSR count). The van der Waals surface area contributed by atoms with Gasteiger partial charge in [-0.05, 0) is 54.6 Å². The number of aliphatic hydroxyl groups excluding tert-OH is 1. The Labute approximate surface area is 177 Å². The molecule has 0 bridgehead atoms. The average Bonchev–Trinajstić information content (AvgIpc) is 2.74. The lowest BCUT2D eigenvalue weighted by Crippen LogP contribution is -2.21. The van der Waals surface area contributed by atoms with Crippen LogP contribution < -0.4 is 15.8 Å². The zero-order chi connectivity index (χ0) is 21.7. The average molecular weight is 426 g/mol. The molecule has 0 fully saturated rings. The molecule has 0 aliphatic heterocycles. The standard InChI is InChI=1S/C22H27N5O2S/c1-4-16-5-7-17(8-6-16)20-13-24-22(27-21(20)25-15(2)14-28)26-18-9-11-19(12-10-18)30(3,23)29/h5-13,15,28H,3-4,14H2,1-2H3,(H2,23,29)(H2,24,25,26,27)/t15-,30?/m1/s1. The summed E-state index contributed by atoms with van der Waals surface area (Å²) in [6.07, 6.45) is 2.72. The molecule has 1 aromatic heterocycles. The quantitative estimate of drug-likeness (QED) is 0.412. The molecule has 0 aliphatic carbocycles. The highest BCUT2D eigenvalue weighted by Crippen LogP contribution is 2.28. The van der Waals surface area contributed by atoms with Gasteiger partial charge in [0.1, 0.15) is 5.82 Å². The molecule has 0 saturated carbocycles. The third kappa shape index (κ3) is 5.35. The molecule has 2 aromatic carbocycles. The Bertz CT molecular complexity index is 1100. The van der Waals surface area contributed by atoms with Gasteiger partial charge in [0.25, 0.3) is 0 Å². The molecule has 5 N–H and O–H groups in total. The highest BCUT2D eigenvalue weighted by molar-refractivity contribution is 7.98. The predicted octanol–water partition coefficient (Wildman–Crippen LogP) is 3.19. The number of anilines is 3. The topological polar surface area (TPSA) is 113 Å². The van der Waals surface area contributed by atoms with E-state index in [0.29, 0.717) is 16.7 Å². The number of nitrogens with one attached hydrogen (secondary N) is 2. The van der Waals surface area contributed by atoms with Crippen molar-refractivity contribution in [2.45, 2.75) is 31.2 Å². The molecule has 8 heteroatoms. The van der Waals surface area contributed by atoms with Crippen LogP contribution in [-0.2, 0) is 16.1 Å². The van der Waals surface area contributed by atoms with Gasteiger partial charge >= 0.3 is 0 Å². The van der Waals surface area contributed by atoms with Gasteiger partial charge in [-0.3, -0.25) is 5.14 Å². The van der Waals surface area contributed by atoms with Crippen LogP contribution in [0.2, 0.25) is 0 Å². The molecule has 30 heavy (non-hydrogen) atoms. The van der Waals surface area contributed by atoms with Gasteiger partial charge in [-0.15, -0.1) is 0 Å². The van der Waals surface area contributed by atoms with Crippen molar-refractivity contribution < 1.29 is 9.32 Å². The molecule has 0 amide bonds. The first kappa shape index (κ1) is 21.8. The normalized spacial score (nSPS) is 14.0. The molecular weight excluding hydrogens is 398 g/mol. The molecule has 0 radical (unpaired) electrons. The van der Waals surface area contributed by atoms with Crippen LogP contribution in [0, 0.1) is 0 Å². The maximum atomic E-state index is 11.8. The van der Waals surface area contributed by atoms with Crippen LogP contribution in [0.4, 0.5) is 17.5 Å². The Morgan fingerprint density at radius 1 is 1.17 bits per heavy atom. The number of hydrogen-bond donors (Lipinski definition) is 4. The highest BCUT2D eigenvalue weighted by atomic mass is 32.2. The predicted molar refractivity (Wildman–Crippen MR) is 124 cm³/mol. The van der Waals surface area contributed by atoms with E-state index in [4.69, 9.17) is 5.14 Å². The number of hydrogen-bond acceptors (Lipinski definition) is 6. The van der Waals surface area contributed by atoms with Gasteiger partial charge in [0.15, 0.2) is 0 Å². The van der Waals surface area contributed by atoms with Gasteiger partial charge in [-0.25, -0.2) is 9.19 Å². The molecule has 0 aliphatic rings. The number of benzene rings is 2. The number of aromatic nitrogens is 2. The SMILES string of the molecule is C=S(N)(=O)c1ccc(Nc2ncc(-c3ccc(CC)cc3)c(N[C@H](C)CO)n2)cc1. The first-order valence-electron chi connectivity index (χ1n) is 9.66. The second kappa shape index (κ2) is 9.25. The van der Waals surface area contributed by atoms with Crippen LogP contribution in [0.1, 0.15) is 19.4 Å². The Balaban J connectivity index is 1.91. The second-order valence-corrected chi connectivity index (χ2v) is 9.03. The van der Waals surface area contributed by atoms with Crippen molar-refractivity contribution in [3.63, 3.8) is 0 Å². The number of nitrogens with two attached hydrogens (primary N) is 1. The Morgan fingerprint density at radius 3 is 2.40 bits per heavy atom. The summed E-state index contributed by atoms with van der Waals surface area (Å²) in [5, 5.41) is 21.4. The highest BCUT2D eigenvalue weighted by Gasteiger charge is 2.12. The zero-order valence-corrected chi connectivity index (χ0v) is 17.9. The van der Waals surface area contributed by atoms with Crippen molar-refractivity contribution >= 4 is 33.0 Å². The Kier molecular flexibility index (Phi) is 6.71. The van der Waals surface area contributed by atoms with Gasteiger partial charge in [-0.2, -0.15) is 4.98 Å². The molecule has 0 spiro atoms. The van der Waals surface area contributed by atoms with E-state index in [1.54, 1.807) is 30.5 Å². The first-order chi connectivity index (χ1) is 14.3. The van der Waals surface area contributed by atoms with Crippen LogP contribution in [0.25, 0.3) is 11.1 Å². The summed E-state index contributed by atoms with van der Waals surface area (Å²) in [6.45, 7) is 3.97. The van der Waals surface area contributed by atoms with Crippen LogP contribution in [-0.4, -0.2) is 37.8 Å². The first-order valence-corrected chi connectivity index (χ1v) is 11.4. The lowest BCUT2D eigenvalue weighted by atomic mass is 10.0. The Morgan fingerprint density at radius 2 is 1.83 bits per heavy atom. The summed E-state index contributed by atoms with van der Waals surface area (Å²) in [5.74, 6) is 4.50. The fraction of sp³-hybridized carbons (Fsp3) is 0.227. The Hall–Kier alpha value is -2.94. The molecule has 7 nitrogen and oxygen atoms in total. The third-order valence-electron chi connectivity index (χ3n) is 4.63. The van der Waals surface area contributed by atoms with Gasteiger partial charge in [-0.1, -0.05) is 31.2 Å². The summed E-state index contributed by atoms with van der Waals surface area (Å²) in [5.41, 5.74) is 3.81. The van der Waals surface area contributed by atoms with Crippen LogP contribution >= 0.6 is 0 Å². The van der Waals surface area contributed by atoms with E-state index in [2.05, 4.69) is 45.5 Å². The van der Waals surface area contributed by atoms with Crippen LogP contribution in [0.3, 0.4) is 0 Å². The van der Waals surface area contributed by atoms with E-state index in [0.717, 1.165) is 23.2 Å². The van der Waals surface area contributed by atoms with Crippen LogP contribution in [0.15, 0.2) is 59.6 Å². The monoisotopic (exact) mass is 425 g/mol. The zero-order valence-electron chi connectivity index (χ0n) is 17.1. The minimum Gasteiger partial charge on any atom is -0.394 e. The van der Waals surface area contributed by atoms with E-state index < -0.39 is 9.71 Å². The van der Waals surface area contributed by atoms with E-state index >= 15 is 0 Å². The van der Waals surface area contributed by atoms with Gasteiger partial charge in [0, 0.05) is 28.4 Å². The van der Waals surface area contributed by atoms with Crippen molar-refractivity contribution in [3.8, 4) is 11.1 Å². The smallest absolute Gasteiger partial charge is 0.229 e. The molecule has 1 unspecified atom stereocenters. The fourth-order valence-corrected chi connectivity index (χ4v) is 3.46. The van der Waals surface area contributed by atoms with Crippen molar-refractivity contribution in [3.05, 3.63) is 60.3 Å². The van der Waals surface area contributed by atoms with Crippen LogP contribution in [0.5, 0.6) is 0 Å². The molecule has 158 valence electrons. The molecule has 0 saturated heterocycles. The lowest BCUT2D eigenvalue weighted by Gasteiger charge is -2.17. The second-order valence-electron chi connectivity index (χ2n) is 7.11. The van der Waals surface area contributed by atoms with Gasteiger partial charge in [0.05, 0.1) is 16.3 Å². The third-order valence-corrected chi connectivity index (χ3v) is 5.70. The van der Waals surface area contributed by atoms with E-state index in [-0.39, 0.29) is 12.6 Å². The fourth-order valence-electron chi connectivity index (χ4n) is 2.86. The summed E-state index contributed by atoms with van der Waals surface area (Å²) in [6, 6.07) is 14.9. The number of aryl methyl sites for hydroxylation is 1. The maximum Gasteiger partial charge on any atom is 0.229 e. The minimum absolute atomic E-state index is 0.0220. The van der Waals surface area contributed by atoms with Crippen molar-refractivity contribution in [1.82, 2.24) is 9.97 Å². The van der Waals surface area contributed by atoms with E-state index in [1.165, 1.54) is 5.56 Å². The number of aliphatic hydroxyl groups is 1. The van der Waals surface area contributed by atoms with E-state index in [9.17, 15) is 9.32 Å². The van der Waals surface area contributed by atoms with Crippen molar-refractivity contribution in [2.75, 3.05) is 17.2 Å². The summed E-state index contributed by atoms with van der Waals surface area (Å²) in [4.78, 5) is 9.52. The van der Waals surface area contributed by atoms with Crippen molar-refractivity contribution in [2.24, 2.45) is 5.14 Å². The lowest BCUT2D eigenvalue weighted by molar-refractivity contribution is 0.281.